The number of carbonyl (C=O) groups is 2. The number of primary amides is 1. The number of aryl methyl sites for hydroxylation is 1. The van der Waals surface area contributed by atoms with E-state index in [1.807, 2.05) is 24.3 Å². The van der Waals surface area contributed by atoms with Crippen LogP contribution in [-0.4, -0.2) is 21.8 Å². The lowest BCUT2D eigenvalue weighted by atomic mass is 10.1. The third kappa shape index (κ3) is 4.45. The fraction of sp³-hybridized carbons (Fsp3) is 0.167. The van der Waals surface area contributed by atoms with Crippen LogP contribution < -0.4 is 5.73 Å². The van der Waals surface area contributed by atoms with Crippen molar-refractivity contribution >= 4 is 39.1 Å². The zero-order valence-electron chi connectivity index (χ0n) is 14.1. The van der Waals surface area contributed by atoms with Crippen molar-refractivity contribution in [2.75, 3.05) is 0 Å². The minimum Gasteiger partial charge on any atom is -0.461 e. The van der Waals surface area contributed by atoms with Gasteiger partial charge in [-0.05, 0) is 24.3 Å². The molecule has 1 amide bonds. The van der Waals surface area contributed by atoms with E-state index in [-0.39, 0.29) is 29.8 Å². The third-order valence-electron chi connectivity index (χ3n) is 3.84. The van der Waals surface area contributed by atoms with Crippen LogP contribution in [0.1, 0.15) is 27.3 Å². The van der Waals surface area contributed by atoms with Crippen molar-refractivity contribution in [2.45, 2.75) is 19.4 Å². The molecule has 3 aromatic rings. The number of amides is 1. The monoisotopic (exact) mass is 385 g/mol. The van der Waals surface area contributed by atoms with Gasteiger partial charge in [0.25, 0.3) is 5.69 Å². The standard InChI is InChI=1S/C18H15N3O5S/c19-18(23)11-5-6-12(14(9-11)21(24)25)10-26-17(22)8-7-16-20-13-3-1-2-4-15(13)27-16/h1-6,9H,7-8,10H2,(H2,19,23). The van der Waals surface area contributed by atoms with Crippen LogP contribution in [0.15, 0.2) is 42.5 Å². The Labute approximate surface area is 157 Å². The van der Waals surface area contributed by atoms with Gasteiger partial charge in [0, 0.05) is 18.1 Å². The molecule has 0 spiro atoms. The van der Waals surface area contributed by atoms with Gasteiger partial charge in [-0.1, -0.05) is 12.1 Å². The maximum absolute atomic E-state index is 12.0. The Bertz CT molecular complexity index is 998. The van der Waals surface area contributed by atoms with E-state index in [4.69, 9.17) is 10.5 Å². The summed E-state index contributed by atoms with van der Waals surface area (Å²) in [5, 5.41) is 12.0. The zero-order chi connectivity index (χ0) is 19.4. The highest BCUT2D eigenvalue weighted by atomic mass is 32.1. The van der Waals surface area contributed by atoms with Crippen molar-refractivity contribution < 1.29 is 19.2 Å². The summed E-state index contributed by atoms with van der Waals surface area (Å²) >= 11 is 1.51. The van der Waals surface area contributed by atoms with E-state index in [9.17, 15) is 19.7 Å². The van der Waals surface area contributed by atoms with Crippen LogP contribution >= 0.6 is 11.3 Å². The second-order valence-corrected chi connectivity index (χ2v) is 6.82. The van der Waals surface area contributed by atoms with Gasteiger partial charge in [-0.3, -0.25) is 19.7 Å². The molecule has 27 heavy (non-hydrogen) atoms. The molecule has 1 aromatic heterocycles. The smallest absolute Gasteiger partial charge is 0.306 e. The summed E-state index contributed by atoms with van der Waals surface area (Å²) < 4.78 is 6.18. The Morgan fingerprint density at radius 3 is 2.70 bits per heavy atom. The maximum atomic E-state index is 12.0. The molecule has 0 aliphatic heterocycles. The number of fused-ring (bicyclic) bond motifs is 1. The first-order chi connectivity index (χ1) is 12.9. The topological polar surface area (TPSA) is 125 Å². The fourth-order valence-corrected chi connectivity index (χ4v) is 3.44. The molecule has 0 radical (unpaired) electrons. The van der Waals surface area contributed by atoms with Crippen molar-refractivity contribution in [3.63, 3.8) is 0 Å². The molecule has 2 N–H and O–H groups in total. The van der Waals surface area contributed by atoms with Crippen LogP contribution in [0.4, 0.5) is 5.69 Å². The molecule has 8 nitrogen and oxygen atoms in total. The molecular weight excluding hydrogens is 370 g/mol. The molecule has 0 aliphatic carbocycles. The highest BCUT2D eigenvalue weighted by molar-refractivity contribution is 7.18. The summed E-state index contributed by atoms with van der Waals surface area (Å²) in [6.07, 6.45) is 0.549. The van der Waals surface area contributed by atoms with Crippen LogP contribution in [-0.2, 0) is 22.6 Å². The zero-order valence-corrected chi connectivity index (χ0v) is 14.9. The van der Waals surface area contributed by atoms with E-state index in [0.29, 0.717) is 6.42 Å². The van der Waals surface area contributed by atoms with Crippen molar-refractivity contribution in [1.29, 1.82) is 0 Å². The molecule has 2 aromatic carbocycles. The van der Waals surface area contributed by atoms with E-state index in [2.05, 4.69) is 4.98 Å². The maximum Gasteiger partial charge on any atom is 0.306 e. The summed E-state index contributed by atoms with van der Waals surface area (Å²) in [6.45, 7) is -0.256. The van der Waals surface area contributed by atoms with Crippen molar-refractivity contribution in [3.05, 3.63) is 68.7 Å². The van der Waals surface area contributed by atoms with Gasteiger partial charge in [-0.15, -0.1) is 11.3 Å². The molecule has 3 rings (SSSR count). The Morgan fingerprint density at radius 1 is 1.22 bits per heavy atom. The van der Waals surface area contributed by atoms with Crippen LogP contribution in [0.25, 0.3) is 10.2 Å². The molecule has 0 unspecified atom stereocenters. The summed E-state index contributed by atoms with van der Waals surface area (Å²) in [6, 6.07) is 11.5. The van der Waals surface area contributed by atoms with E-state index >= 15 is 0 Å². The predicted molar refractivity (Wildman–Crippen MR) is 99.4 cm³/mol. The molecule has 9 heteroatoms. The number of para-hydroxylation sites is 1. The molecule has 138 valence electrons. The number of benzene rings is 2. The number of esters is 1. The van der Waals surface area contributed by atoms with Gasteiger partial charge in [0.15, 0.2) is 0 Å². The van der Waals surface area contributed by atoms with Crippen LogP contribution in [0.2, 0.25) is 0 Å². The minimum absolute atomic E-state index is 0.0209. The summed E-state index contributed by atoms with van der Waals surface area (Å²) in [5.74, 6) is -1.25. The Morgan fingerprint density at radius 2 is 2.00 bits per heavy atom. The quantitative estimate of drug-likeness (QED) is 0.378. The predicted octanol–water partition coefficient (Wildman–Crippen LogP) is 2.98. The minimum atomic E-state index is -0.766. The van der Waals surface area contributed by atoms with Crippen molar-refractivity contribution in [2.24, 2.45) is 5.73 Å². The number of thiazole rings is 1. The number of nitro benzene ring substituents is 1. The van der Waals surface area contributed by atoms with Crippen LogP contribution in [0.3, 0.4) is 0 Å². The number of rotatable bonds is 7. The van der Waals surface area contributed by atoms with Gasteiger partial charge in [0.1, 0.15) is 6.61 Å². The molecule has 0 aliphatic rings. The van der Waals surface area contributed by atoms with E-state index in [1.54, 1.807) is 0 Å². The van der Waals surface area contributed by atoms with Gasteiger partial charge in [-0.2, -0.15) is 0 Å². The Hall–Kier alpha value is -3.33. The fourth-order valence-electron chi connectivity index (χ4n) is 2.48. The summed E-state index contributed by atoms with van der Waals surface area (Å²) in [7, 11) is 0. The number of ether oxygens (including phenoxy) is 1. The average Bonchev–Trinajstić information content (AvgIpc) is 3.07. The first-order valence-corrected chi connectivity index (χ1v) is 8.83. The second kappa shape index (κ2) is 7.92. The van der Waals surface area contributed by atoms with Crippen LogP contribution in [0, 0.1) is 10.1 Å². The van der Waals surface area contributed by atoms with Gasteiger partial charge in [0.2, 0.25) is 5.91 Å². The second-order valence-electron chi connectivity index (χ2n) is 5.70. The first-order valence-electron chi connectivity index (χ1n) is 8.01. The number of carbonyl (C=O) groups excluding carboxylic acids is 2. The molecule has 0 bridgehead atoms. The number of aromatic nitrogens is 1. The lowest BCUT2D eigenvalue weighted by Crippen LogP contribution is -2.12. The average molecular weight is 385 g/mol. The lowest BCUT2D eigenvalue weighted by Gasteiger charge is -2.06. The van der Waals surface area contributed by atoms with Gasteiger partial charge in [-0.25, -0.2) is 4.98 Å². The van der Waals surface area contributed by atoms with E-state index in [1.165, 1.54) is 23.5 Å². The highest BCUT2D eigenvalue weighted by Crippen LogP contribution is 2.23. The number of hydrogen-bond donors (Lipinski definition) is 1. The molecule has 0 atom stereocenters. The normalized spacial score (nSPS) is 10.7. The van der Waals surface area contributed by atoms with Gasteiger partial charge in [0.05, 0.1) is 32.1 Å². The van der Waals surface area contributed by atoms with Gasteiger partial charge >= 0.3 is 5.97 Å². The Kier molecular flexibility index (Phi) is 5.41. The first kappa shape index (κ1) is 18.5. The number of nitro groups is 1. The molecule has 0 fully saturated rings. The summed E-state index contributed by atoms with van der Waals surface area (Å²) in [4.78, 5) is 38.1. The summed E-state index contributed by atoms with van der Waals surface area (Å²) in [5.41, 5.74) is 5.91. The van der Waals surface area contributed by atoms with E-state index < -0.39 is 16.8 Å². The number of hydrogen-bond acceptors (Lipinski definition) is 7. The van der Waals surface area contributed by atoms with Crippen LogP contribution in [0.5, 0.6) is 0 Å². The Balaban J connectivity index is 1.60. The SMILES string of the molecule is NC(=O)c1ccc(COC(=O)CCc2nc3ccccc3s2)c([N+](=O)[O-])c1. The third-order valence-corrected chi connectivity index (χ3v) is 4.93. The molecule has 0 saturated heterocycles. The van der Waals surface area contributed by atoms with Gasteiger partial charge < -0.3 is 10.5 Å². The number of nitrogens with zero attached hydrogens (tertiary/aromatic N) is 2. The lowest BCUT2D eigenvalue weighted by molar-refractivity contribution is -0.385. The molecular formula is C18H15N3O5S. The highest BCUT2D eigenvalue weighted by Gasteiger charge is 2.18. The van der Waals surface area contributed by atoms with Crippen molar-refractivity contribution in [1.82, 2.24) is 4.98 Å². The largest absolute Gasteiger partial charge is 0.461 e. The van der Waals surface area contributed by atoms with E-state index in [0.717, 1.165) is 21.3 Å². The molecule has 1 heterocycles. The number of nitrogens with two attached hydrogens (primary N) is 1. The van der Waals surface area contributed by atoms with Crippen molar-refractivity contribution in [3.8, 4) is 0 Å². The molecule has 0 saturated carbocycles.